The molecule has 0 saturated carbocycles. The standard InChI is InChI=1S/C19H26O4/c1-13(2)10-11-16-17(23-18-9-4-5-12-22-18)8-6-7-15(14(3)20)19(16)21/h6-8,10,17-18,21H,4-5,9,11-12H2,1-3H3. The molecule has 4 nitrogen and oxygen atoms in total. The molecule has 1 aliphatic carbocycles. The Hall–Kier alpha value is -1.65. The van der Waals surface area contributed by atoms with Crippen LogP contribution in [0.2, 0.25) is 0 Å². The number of hydrogen-bond acceptors (Lipinski definition) is 4. The molecule has 0 amide bonds. The van der Waals surface area contributed by atoms with Gasteiger partial charge >= 0.3 is 0 Å². The lowest BCUT2D eigenvalue weighted by molar-refractivity contribution is -0.172. The second-order valence-electron chi connectivity index (χ2n) is 6.23. The van der Waals surface area contributed by atoms with Crippen molar-refractivity contribution in [3.05, 3.63) is 46.8 Å². The highest BCUT2D eigenvalue weighted by atomic mass is 16.7. The van der Waals surface area contributed by atoms with Gasteiger partial charge < -0.3 is 14.6 Å². The Balaban J connectivity index is 2.27. The van der Waals surface area contributed by atoms with Crippen molar-refractivity contribution in [2.75, 3.05) is 6.61 Å². The lowest BCUT2D eigenvalue weighted by Gasteiger charge is -2.27. The molecule has 2 unspecified atom stereocenters. The van der Waals surface area contributed by atoms with Crippen LogP contribution in [-0.4, -0.2) is 29.9 Å². The number of carbonyl (C=O) groups excluding carboxylic acids is 1. The van der Waals surface area contributed by atoms with Crippen molar-refractivity contribution in [2.24, 2.45) is 0 Å². The fourth-order valence-corrected chi connectivity index (χ4v) is 2.68. The minimum Gasteiger partial charge on any atom is -0.507 e. The first-order valence-electron chi connectivity index (χ1n) is 8.21. The van der Waals surface area contributed by atoms with E-state index in [4.69, 9.17) is 9.47 Å². The maximum absolute atomic E-state index is 11.8. The predicted octanol–water partition coefficient (Wildman–Crippen LogP) is 4.15. The van der Waals surface area contributed by atoms with Gasteiger partial charge in [0.25, 0.3) is 0 Å². The van der Waals surface area contributed by atoms with E-state index < -0.39 is 0 Å². The Kier molecular flexibility index (Phi) is 6.37. The normalized spacial score (nSPS) is 24.9. The van der Waals surface area contributed by atoms with Crippen molar-refractivity contribution in [3.63, 3.8) is 0 Å². The smallest absolute Gasteiger partial charge is 0.163 e. The number of aliphatic hydroxyl groups is 1. The van der Waals surface area contributed by atoms with E-state index in [0.29, 0.717) is 24.2 Å². The van der Waals surface area contributed by atoms with Crippen LogP contribution in [0.15, 0.2) is 46.8 Å². The van der Waals surface area contributed by atoms with Crippen LogP contribution < -0.4 is 0 Å². The van der Waals surface area contributed by atoms with Crippen molar-refractivity contribution in [1.29, 1.82) is 0 Å². The van der Waals surface area contributed by atoms with E-state index in [1.807, 2.05) is 26.0 Å². The van der Waals surface area contributed by atoms with Crippen LogP contribution in [0.25, 0.3) is 0 Å². The van der Waals surface area contributed by atoms with E-state index in [-0.39, 0.29) is 23.9 Å². The fourth-order valence-electron chi connectivity index (χ4n) is 2.68. The van der Waals surface area contributed by atoms with Crippen molar-refractivity contribution >= 4 is 5.78 Å². The minimum absolute atomic E-state index is 0.0285. The van der Waals surface area contributed by atoms with Crippen LogP contribution in [0.3, 0.4) is 0 Å². The Morgan fingerprint density at radius 1 is 1.39 bits per heavy atom. The van der Waals surface area contributed by atoms with Gasteiger partial charge in [0.15, 0.2) is 12.1 Å². The number of hydrogen-bond donors (Lipinski definition) is 1. The molecule has 1 N–H and O–H groups in total. The van der Waals surface area contributed by atoms with Gasteiger partial charge in [0.1, 0.15) is 11.9 Å². The first-order chi connectivity index (χ1) is 11.0. The van der Waals surface area contributed by atoms with Gasteiger partial charge in [-0.15, -0.1) is 0 Å². The summed E-state index contributed by atoms with van der Waals surface area (Å²) in [5, 5.41) is 10.6. The molecule has 0 aromatic rings. The number of allylic oxidation sites excluding steroid dienone is 5. The maximum Gasteiger partial charge on any atom is 0.163 e. The predicted molar refractivity (Wildman–Crippen MR) is 90.1 cm³/mol. The third-order valence-corrected chi connectivity index (χ3v) is 4.00. The zero-order chi connectivity index (χ0) is 16.8. The average molecular weight is 318 g/mol. The molecule has 23 heavy (non-hydrogen) atoms. The molecule has 2 atom stereocenters. The molecule has 0 aromatic carbocycles. The monoisotopic (exact) mass is 318 g/mol. The summed E-state index contributed by atoms with van der Waals surface area (Å²) in [5.41, 5.74) is 2.18. The van der Waals surface area contributed by atoms with Gasteiger partial charge in [-0.3, -0.25) is 4.79 Å². The molecule has 1 fully saturated rings. The van der Waals surface area contributed by atoms with Gasteiger partial charge in [0.05, 0.1) is 5.57 Å². The number of aliphatic hydroxyl groups excluding tert-OH is 1. The van der Waals surface area contributed by atoms with Crippen LogP contribution in [-0.2, 0) is 14.3 Å². The third kappa shape index (κ3) is 4.91. The Labute approximate surface area is 138 Å². The fraction of sp³-hybridized carbons (Fsp3) is 0.526. The maximum atomic E-state index is 11.8. The van der Waals surface area contributed by atoms with E-state index >= 15 is 0 Å². The number of Topliss-reactive ketones (excluding diaryl/α,β-unsaturated/α-hetero) is 1. The second-order valence-corrected chi connectivity index (χ2v) is 6.23. The van der Waals surface area contributed by atoms with Gasteiger partial charge in [0.2, 0.25) is 0 Å². The summed E-state index contributed by atoms with van der Waals surface area (Å²) >= 11 is 0. The highest BCUT2D eigenvalue weighted by Gasteiger charge is 2.26. The van der Waals surface area contributed by atoms with Gasteiger partial charge in [-0.05, 0) is 52.5 Å². The highest BCUT2D eigenvalue weighted by Crippen LogP contribution is 2.28. The number of rotatable bonds is 5. The zero-order valence-electron chi connectivity index (χ0n) is 14.2. The summed E-state index contributed by atoms with van der Waals surface area (Å²) in [6.45, 7) is 6.18. The topological polar surface area (TPSA) is 55.8 Å². The molecule has 0 aromatic heterocycles. The Morgan fingerprint density at radius 2 is 2.17 bits per heavy atom. The molecule has 2 aliphatic rings. The summed E-state index contributed by atoms with van der Waals surface area (Å²) in [6, 6.07) is 0. The number of ether oxygens (including phenoxy) is 2. The molecular formula is C19H26O4. The highest BCUT2D eigenvalue weighted by molar-refractivity contribution is 5.97. The third-order valence-electron chi connectivity index (χ3n) is 4.00. The second kappa shape index (κ2) is 8.27. The average Bonchev–Trinajstić information content (AvgIpc) is 2.65. The van der Waals surface area contributed by atoms with Gasteiger partial charge in [-0.25, -0.2) is 0 Å². The molecule has 1 aliphatic heterocycles. The van der Waals surface area contributed by atoms with Crippen molar-refractivity contribution in [2.45, 2.75) is 58.8 Å². The van der Waals surface area contributed by atoms with E-state index in [9.17, 15) is 9.90 Å². The summed E-state index contributed by atoms with van der Waals surface area (Å²) in [7, 11) is 0. The lowest BCUT2D eigenvalue weighted by Crippen LogP contribution is -2.28. The van der Waals surface area contributed by atoms with Crippen LogP contribution in [0.4, 0.5) is 0 Å². The molecule has 0 radical (unpaired) electrons. The molecule has 4 heteroatoms. The molecule has 1 saturated heterocycles. The SMILES string of the molecule is CC(=O)C1=CC=CC(OC2CCCCO2)C(CC=C(C)C)=C1O. The number of carbonyl (C=O) groups is 1. The molecular weight excluding hydrogens is 292 g/mol. The molecule has 0 bridgehead atoms. The molecule has 2 rings (SSSR count). The van der Waals surface area contributed by atoms with Crippen LogP contribution in [0.5, 0.6) is 0 Å². The van der Waals surface area contributed by atoms with E-state index in [2.05, 4.69) is 0 Å². The van der Waals surface area contributed by atoms with E-state index in [1.165, 1.54) is 6.92 Å². The van der Waals surface area contributed by atoms with E-state index in [1.54, 1.807) is 12.2 Å². The first-order valence-corrected chi connectivity index (χ1v) is 8.21. The van der Waals surface area contributed by atoms with Gasteiger partial charge in [-0.1, -0.05) is 23.8 Å². The van der Waals surface area contributed by atoms with Crippen molar-refractivity contribution in [3.8, 4) is 0 Å². The van der Waals surface area contributed by atoms with Gasteiger partial charge in [0, 0.05) is 12.2 Å². The minimum atomic E-state index is -0.387. The summed E-state index contributed by atoms with van der Waals surface area (Å²) in [6.07, 6.45) is 10.2. The summed E-state index contributed by atoms with van der Waals surface area (Å²) in [4.78, 5) is 11.8. The quantitative estimate of drug-likeness (QED) is 0.774. The Morgan fingerprint density at radius 3 is 2.78 bits per heavy atom. The first kappa shape index (κ1) is 17.7. The van der Waals surface area contributed by atoms with Gasteiger partial charge in [-0.2, -0.15) is 0 Å². The van der Waals surface area contributed by atoms with Crippen LogP contribution >= 0.6 is 0 Å². The Bertz CT molecular complexity index is 556. The molecule has 0 spiro atoms. The van der Waals surface area contributed by atoms with Crippen LogP contribution in [0.1, 0.15) is 46.5 Å². The molecule has 126 valence electrons. The summed E-state index contributed by atoms with van der Waals surface area (Å²) in [5.74, 6) is -0.128. The molecule has 1 heterocycles. The largest absolute Gasteiger partial charge is 0.507 e. The lowest BCUT2D eigenvalue weighted by atomic mass is 9.99. The number of ketones is 1. The van der Waals surface area contributed by atoms with Crippen LogP contribution in [0, 0.1) is 0 Å². The van der Waals surface area contributed by atoms with Crippen molar-refractivity contribution in [1.82, 2.24) is 0 Å². The summed E-state index contributed by atoms with van der Waals surface area (Å²) < 4.78 is 11.7. The zero-order valence-corrected chi connectivity index (χ0v) is 14.2. The van der Waals surface area contributed by atoms with E-state index in [0.717, 1.165) is 24.8 Å². The van der Waals surface area contributed by atoms with Crippen molar-refractivity contribution < 1.29 is 19.4 Å².